The van der Waals surface area contributed by atoms with Gasteiger partial charge in [0.15, 0.2) is 23.3 Å². The lowest BCUT2D eigenvalue weighted by Crippen LogP contribution is -2.23. The molecule has 2 aromatic carbocycles. The zero-order valence-electron chi connectivity index (χ0n) is 10.5. The van der Waals surface area contributed by atoms with Crippen molar-refractivity contribution in [3.63, 3.8) is 0 Å². The van der Waals surface area contributed by atoms with Gasteiger partial charge in [0.05, 0.1) is 21.2 Å². The van der Waals surface area contributed by atoms with E-state index in [0.29, 0.717) is 24.3 Å². The van der Waals surface area contributed by atoms with E-state index in [-0.39, 0.29) is 11.4 Å². The maximum absolute atomic E-state index is 13.3. The number of benzene rings is 2. The molecule has 0 unspecified atom stereocenters. The molecule has 0 aromatic heterocycles. The molecule has 0 saturated heterocycles. The topological polar surface area (TPSA) is 37.4 Å². The number of hydrogen-bond acceptors (Lipinski definition) is 3. The lowest BCUT2D eigenvalue weighted by atomic mass is 10.2. The SMILES string of the molecule is CN1c2cc(F)c(F)cc2S(=O)(=O)c2cc(F)c(F)cc21. The fraction of sp³-hybridized carbons (Fsp3) is 0.0769. The second kappa shape index (κ2) is 4.20. The molecule has 0 bridgehead atoms. The average molecular weight is 317 g/mol. The van der Waals surface area contributed by atoms with Gasteiger partial charge in [0.2, 0.25) is 9.84 Å². The summed E-state index contributed by atoms with van der Waals surface area (Å²) in [5.74, 6) is -5.14. The first-order chi connectivity index (χ1) is 9.73. The summed E-state index contributed by atoms with van der Waals surface area (Å²) in [7, 11) is -2.92. The van der Waals surface area contributed by atoms with Crippen LogP contribution < -0.4 is 4.90 Å². The molecule has 0 aliphatic carbocycles. The zero-order chi connectivity index (χ0) is 15.5. The molecule has 21 heavy (non-hydrogen) atoms. The van der Waals surface area contributed by atoms with E-state index in [4.69, 9.17) is 0 Å². The summed E-state index contributed by atoms with van der Waals surface area (Å²) in [6.07, 6.45) is 0. The summed E-state index contributed by atoms with van der Waals surface area (Å²) < 4.78 is 78.0. The summed E-state index contributed by atoms with van der Waals surface area (Å²) in [5, 5.41) is 0. The van der Waals surface area contributed by atoms with Crippen molar-refractivity contribution in [2.45, 2.75) is 9.79 Å². The normalized spacial score (nSPS) is 15.6. The van der Waals surface area contributed by atoms with Gasteiger partial charge in [-0.3, -0.25) is 0 Å². The molecule has 0 fully saturated rings. The summed E-state index contributed by atoms with van der Waals surface area (Å²) in [6.45, 7) is 0. The summed E-state index contributed by atoms with van der Waals surface area (Å²) in [5.41, 5.74) is -0.292. The Morgan fingerprint density at radius 3 is 1.48 bits per heavy atom. The molecule has 1 aliphatic heterocycles. The van der Waals surface area contributed by atoms with Crippen molar-refractivity contribution in [1.82, 2.24) is 0 Å². The van der Waals surface area contributed by atoms with Crippen LogP contribution in [0.1, 0.15) is 0 Å². The highest BCUT2D eigenvalue weighted by molar-refractivity contribution is 7.92. The Kier molecular flexibility index (Phi) is 2.78. The Balaban J connectivity index is 2.41. The zero-order valence-corrected chi connectivity index (χ0v) is 11.3. The van der Waals surface area contributed by atoms with Gasteiger partial charge in [0.25, 0.3) is 0 Å². The van der Waals surface area contributed by atoms with E-state index in [9.17, 15) is 26.0 Å². The van der Waals surface area contributed by atoms with Gasteiger partial charge in [-0.1, -0.05) is 0 Å². The quantitative estimate of drug-likeness (QED) is 0.553. The van der Waals surface area contributed by atoms with Gasteiger partial charge in [-0.25, -0.2) is 26.0 Å². The van der Waals surface area contributed by atoms with Gasteiger partial charge in [-0.2, -0.15) is 0 Å². The molecule has 1 heterocycles. The Labute approximate surface area is 117 Å². The predicted molar refractivity (Wildman–Crippen MR) is 66.2 cm³/mol. The third-order valence-corrected chi connectivity index (χ3v) is 5.12. The molecule has 3 rings (SSSR count). The molecule has 0 amide bonds. The first kappa shape index (κ1) is 13.9. The third-order valence-electron chi connectivity index (χ3n) is 3.31. The highest BCUT2D eigenvalue weighted by Crippen LogP contribution is 2.44. The first-order valence-electron chi connectivity index (χ1n) is 5.70. The van der Waals surface area contributed by atoms with E-state index < -0.39 is 42.9 Å². The van der Waals surface area contributed by atoms with Gasteiger partial charge in [0.1, 0.15) is 0 Å². The van der Waals surface area contributed by atoms with Gasteiger partial charge in [0, 0.05) is 19.2 Å². The lowest BCUT2D eigenvalue weighted by molar-refractivity contribution is 0.501. The van der Waals surface area contributed by atoms with Crippen LogP contribution in [0.15, 0.2) is 34.1 Å². The molecule has 1 aliphatic rings. The van der Waals surface area contributed by atoms with Crippen LogP contribution in [0, 0.1) is 23.3 Å². The Morgan fingerprint density at radius 1 is 0.762 bits per heavy atom. The van der Waals surface area contributed by atoms with Crippen molar-refractivity contribution < 1.29 is 26.0 Å². The summed E-state index contributed by atoms with van der Waals surface area (Å²) in [4.78, 5) is 0.168. The minimum Gasteiger partial charge on any atom is -0.342 e. The molecule has 2 aromatic rings. The highest BCUT2D eigenvalue weighted by Gasteiger charge is 2.35. The minimum absolute atomic E-state index is 0.146. The Bertz CT molecular complexity index is 815. The fourth-order valence-corrected chi connectivity index (χ4v) is 3.94. The van der Waals surface area contributed by atoms with Crippen LogP contribution in [0.5, 0.6) is 0 Å². The molecule has 0 radical (unpaired) electrons. The molecular formula is C13H7F4NO2S. The van der Waals surface area contributed by atoms with Crippen molar-refractivity contribution in [2.75, 3.05) is 11.9 Å². The number of rotatable bonds is 0. The number of anilines is 2. The van der Waals surface area contributed by atoms with Crippen LogP contribution in [0.25, 0.3) is 0 Å². The predicted octanol–water partition coefficient (Wildman–Crippen LogP) is 3.16. The molecule has 0 spiro atoms. The monoisotopic (exact) mass is 317 g/mol. The third kappa shape index (κ3) is 1.82. The largest absolute Gasteiger partial charge is 0.342 e. The van der Waals surface area contributed by atoms with Crippen molar-refractivity contribution in [3.05, 3.63) is 47.5 Å². The van der Waals surface area contributed by atoms with E-state index in [1.54, 1.807) is 0 Å². The molecule has 110 valence electrons. The Morgan fingerprint density at radius 2 is 1.10 bits per heavy atom. The maximum atomic E-state index is 13.3. The maximum Gasteiger partial charge on any atom is 0.210 e. The van der Waals surface area contributed by atoms with Crippen LogP contribution in [-0.4, -0.2) is 15.5 Å². The second-order valence-electron chi connectivity index (χ2n) is 4.53. The standard InChI is InChI=1S/C13H7F4NO2S/c1-18-10-2-6(14)8(16)4-12(10)21(19,20)13-5-9(17)7(15)3-11(13)18/h2-5H,1H3. The average Bonchev–Trinajstić information content (AvgIpc) is 2.41. The van der Waals surface area contributed by atoms with Gasteiger partial charge in [-0.05, 0) is 12.1 Å². The van der Waals surface area contributed by atoms with Crippen LogP contribution >= 0.6 is 0 Å². The van der Waals surface area contributed by atoms with Crippen molar-refractivity contribution in [1.29, 1.82) is 0 Å². The molecule has 8 heteroatoms. The molecule has 3 nitrogen and oxygen atoms in total. The summed E-state index contributed by atoms with van der Waals surface area (Å²) in [6, 6.07) is 2.46. The second-order valence-corrected chi connectivity index (χ2v) is 6.42. The smallest absolute Gasteiger partial charge is 0.210 e. The number of halogens is 4. The van der Waals surface area contributed by atoms with Crippen LogP contribution in [-0.2, 0) is 9.84 Å². The molecule has 0 saturated carbocycles. The van der Waals surface area contributed by atoms with Crippen molar-refractivity contribution in [3.8, 4) is 0 Å². The minimum atomic E-state index is -4.27. The van der Waals surface area contributed by atoms with Gasteiger partial charge in [-0.15, -0.1) is 0 Å². The fourth-order valence-electron chi connectivity index (χ4n) is 2.24. The molecule has 0 N–H and O–H groups in total. The molecular weight excluding hydrogens is 310 g/mol. The van der Waals surface area contributed by atoms with Crippen LogP contribution in [0.4, 0.5) is 28.9 Å². The van der Waals surface area contributed by atoms with Crippen molar-refractivity contribution >= 4 is 21.2 Å². The number of nitrogens with zero attached hydrogens (tertiary/aromatic N) is 1. The molecule has 0 atom stereocenters. The first-order valence-corrected chi connectivity index (χ1v) is 7.18. The number of sulfone groups is 1. The van der Waals surface area contributed by atoms with Gasteiger partial charge >= 0.3 is 0 Å². The lowest BCUT2D eigenvalue weighted by Gasteiger charge is -2.29. The summed E-state index contributed by atoms with van der Waals surface area (Å²) >= 11 is 0. The van der Waals surface area contributed by atoms with Crippen LogP contribution in [0.3, 0.4) is 0 Å². The van der Waals surface area contributed by atoms with E-state index in [1.807, 2.05) is 0 Å². The van der Waals surface area contributed by atoms with E-state index in [0.717, 1.165) is 4.90 Å². The van der Waals surface area contributed by atoms with Crippen molar-refractivity contribution in [2.24, 2.45) is 0 Å². The van der Waals surface area contributed by atoms with E-state index in [1.165, 1.54) is 7.05 Å². The van der Waals surface area contributed by atoms with E-state index >= 15 is 0 Å². The van der Waals surface area contributed by atoms with Crippen LogP contribution in [0.2, 0.25) is 0 Å². The number of hydrogen-bond donors (Lipinski definition) is 0. The number of fused-ring (bicyclic) bond motifs is 2. The van der Waals surface area contributed by atoms with Gasteiger partial charge < -0.3 is 4.90 Å². The Hall–Kier alpha value is -2.09. The highest BCUT2D eigenvalue weighted by atomic mass is 32.2. The van der Waals surface area contributed by atoms with E-state index in [2.05, 4.69) is 0 Å².